The van der Waals surface area contributed by atoms with Gasteiger partial charge in [-0.1, -0.05) is 0 Å². The van der Waals surface area contributed by atoms with Gasteiger partial charge in [0, 0.05) is 12.2 Å². The van der Waals surface area contributed by atoms with Crippen LogP contribution in [-0.4, -0.2) is 12.5 Å². The van der Waals surface area contributed by atoms with Crippen molar-refractivity contribution in [3.05, 3.63) is 28.0 Å². The highest BCUT2D eigenvalue weighted by Gasteiger charge is 2.26. The highest BCUT2D eigenvalue weighted by atomic mass is 79.9. The molecule has 0 aliphatic rings. The zero-order valence-corrected chi connectivity index (χ0v) is 11.7. The number of halogens is 2. The van der Waals surface area contributed by atoms with E-state index in [1.807, 2.05) is 0 Å². The molecular weight excluding hydrogens is 287 g/mol. The number of rotatable bonds is 3. The van der Waals surface area contributed by atoms with Gasteiger partial charge < -0.3 is 11.1 Å². The number of aryl methyl sites for hydroxylation is 1. The molecule has 3 N–H and O–H groups in total. The lowest BCUT2D eigenvalue weighted by Crippen LogP contribution is -2.37. The van der Waals surface area contributed by atoms with Gasteiger partial charge in [-0.05, 0) is 54.4 Å². The van der Waals surface area contributed by atoms with Gasteiger partial charge in [0.2, 0.25) is 5.91 Å². The van der Waals surface area contributed by atoms with Crippen molar-refractivity contribution in [3.8, 4) is 0 Å². The molecule has 0 heterocycles. The number of hydrogen-bond donors (Lipinski definition) is 2. The Morgan fingerprint density at radius 3 is 2.65 bits per heavy atom. The molecule has 5 heteroatoms. The summed E-state index contributed by atoms with van der Waals surface area (Å²) in [7, 11) is 0. The number of hydrogen-bond acceptors (Lipinski definition) is 2. The summed E-state index contributed by atoms with van der Waals surface area (Å²) in [6, 6.07) is 2.92. The molecule has 3 nitrogen and oxygen atoms in total. The molecule has 1 aromatic carbocycles. The molecular formula is C12H16BrFN2O. The van der Waals surface area contributed by atoms with Gasteiger partial charge in [-0.25, -0.2) is 4.39 Å². The Labute approximate surface area is 109 Å². The first kappa shape index (κ1) is 14.1. The third kappa shape index (κ3) is 3.26. The number of carbonyl (C=O) groups is 1. The number of nitrogens with two attached hydrogens (primary N) is 1. The van der Waals surface area contributed by atoms with E-state index < -0.39 is 5.41 Å². The van der Waals surface area contributed by atoms with Gasteiger partial charge in [-0.15, -0.1) is 0 Å². The fraction of sp³-hybridized carbons (Fsp3) is 0.417. The number of benzene rings is 1. The fourth-order valence-corrected chi connectivity index (χ4v) is 1.51. The van der Waals surface area contributed by atoms with Crippen LogP contribution in [-0.2, 0) is 4.79 Å². The average molecular weight is 303 g/mol. The minimum atomic E-state index is -0.646. The first-order chi connectivity index (χ1) is 7.77. The number of anilines is 1. The van der Waals surface area contributed by atoms with E-state index in [4.69, 9.17) is 5.73 Å². The van der Waals surface area contributed by atoms with Crippen molar-refractivity contribution in [1.82, 2.24) is 0 Å². The lowest BCUT2D eigenvalue weighted by Gasteiger charge is -2.22. The quantitative estimate of drug-likeness (QED) is 0.902. The molecule has 1 aromatic rings. The molecule has 0 fully saturated rings. The van der Waals surface area contributed by atoms with Crippen LogP contribution in [0, 0.1) is 18.2 Å². The normalized spacial score (nSPS) is 11.4. The average Bonchev–Trinajstić information content (AvgIpc) is 2.25. The van der Waals surface area contributed by atoms with Gasteiger partial charge in [0.25, 0.3) is 0 Å². The Hall–Kier alpha value is -0.940. The van der Waals surface area contributed by atoms with Crippen molar-refractivity contribution in [3.63, 3.8) is 0 Å². The predicted molar refractivity (Wildman–Crippen MR) is 70.3 cm³/mol. The van der Waals surface area contributed by atoms with E-state index in [-0.39, 0.29) is 18.3 Å². The maximum absolute atomic E-state index is 13.2. The van der Waals surface area contributed by atoms with Crippen molar-refractivity contribution >= 4 is 27.5 Å². The SMILES string of the molecule is Cc1cc(F)c(Br)cc1NC(=O)C(C)(C)CN. The smallest absolute Gasteiger partial charge is 0.231 e. The number of nitrogens with one attached hydrogen (secondary N) is 1. The Kier molecular flexibility index (Phi) is 4.27. The van der Waals surface area contributed by atoms with E-state index in [0.29, 0.717) is 15.7 Å². The summed E-state index contributed by atoms with van der Waals surface area (Å²) < 4.78 is 13.5. The molecule has 0 saturated carbocycles. The maximum atomic E-state index is 13.2. The third-order valence-electron chi connectivity index (χ3n) is 2.64. The first-order valence-electron chi connectivity index (χ1n) is 5.25. The molecule has 94 valence electrons. The van der Waals surface area contributed by atoms with Crippen LogP contribution in [0.4, 0.5) is 10.1 Å². The summed E-state index contributed by atoms with van der Waals surface area (Å²) in [5.41, 5.74) is 6.14. The van der Waals surface area contributed by atoms with Crippen LogP contribution >= 0.6 is 15.9 Å². The number of carbonyl (C=O) groups excluding carboxylic acids is 1. The molecule has 0 aliphatic heterocycles. The molecule has 0 saturated heterocycles. The van der Waals surface area contributed by atoms with Gasteiger partial charge in [-0.3, -0.25) is 4.79 Å². The molecule has 17 heavy (non-hydrogen) atoms. The summed E-state index contributed by atoms with van der Waals surface area (Å²) in [6.07, 6.45) is 0. The second-order valence-corrected chi connectivity index (χ2v) is 5.48. The topological polar surface area (TPSA) is 55.1 Å². The lowest BCUT2D eigenvalue weighted by molar-refractivity contribution is -0.123. The molecule has 0 unspecified atom stereocenters. The molecule has 1 amide bonds. The van der Waals surface area contributed by atoms with E-state index in [2.05, 4.69) is 21.2 Å². The van der Waals surface area contributed by atoms with E-state index in [1.54, 1.807) is 26.8 Å². The van der Waals surface area contributed by atoms with Crippen molar-refractivity contribution in [2.45, 2.75) is 20.8 Å². The van der Waals surface area contributed by atoms with Crippen LogP contribution in [0.15, 0.2) is 16.6 Å². The highest BCUT2D eigenvalue weighted by molar-refractivity contribution is 9.10. The van der Waals surface area contributed by atoms with Crippen LogP contribution in [0.1, 0.15) is 19.4 Å². The lowest BCUT2D eigenvalue weighted by atomic mass is 9.92. The largest absolute Gasteiger partial charge is 0.329 e. The minimum Gasteiger partial charge on any atom is -0.329 e. The summed E-state index contributed by atoms with van der Waals surface area (Å²) in [6.45, 7) is 5.51. The van der Waals surface area contributed by atoms with Gasteiger partial charge >= 0.3 is 0 Å². The Morgan fingerprint density at radius 1 is 1.53 bits per heavy atom. The van der Waals surface area contributed by atoms with Gasteiger partial charge in [0.05, 0.1) is 9.89 Å². The molecule has 0 bridgehead atoms. The van der Waals surface area contributed by atoms with Crippen LogP contribution in [0.25, 0.3) is 0 Å². The van der Waals surface area contributed by atoms with E-state index in [0.717, 1.165) is 0 Å². The summed E-state index contributed by atoms with van der Waals surface area (Å²) >= 11 is 3.09. The summed E-state index contributed by atoms with van der Waals surface area (Å²) in [5, 5.41) is 2.75. The van der Waals surface area contributed by atoms with E-state index >= 15 is 0 Å². The number of amides is 1. The molecule has 0 spiro atoms. The van der Waals surface area contributed by atoms with Crippen LogP contribution in [0.3, 0.4) is 0 Å². The zero-order valence-electron chi connectivity index (χ0n) is 10.1. The van der Waals surface area contributed by atoms with Gasteiger partial charge in [0.1, 0.15) is 5.82 Å². The zero-order chi connectivity index (χ0) is 13.2. The first-order valence-corrected chi connectivity index (χ1v) is 6.04. The highest BCUT2D eigenvalue weighted by Crippen LogP contribution is 2.26. The second kappa shape index (κ2) is 5.14. The molecule has 0 aliphatic carbocycles. The van der Waals surface area contributed by atoms with Crippen molar-refractivity contribution in [1.29, 1.82) is 0 Å². The molecule has 0 atom stereocenters. The van der Waals surface area contributed by atoms with Crippen LogP contribution in [0.2, 0.25) is 0 Å². The third-order valence-corrected chi connectivity index (χ3v) is 3.25. The molecule has 1 rings (SSSR count). The van der Waals surface area contributed by atoms with Crippen molar-refractivity contribution in [2.24, 2.45) is 11.1 Å². The van der Waals surface area contributed by atoms with E-state index in [9.17, 15) is 9.18 Å². The van der Waals surface area contributed by atoms with Gasteiger partial charge in [0.15, 0.2) is 0 Å². The minimum absolute atomic E-state index is 0.179. The summed E-state index contributed by atoms with van der Waals surface area (Å²) in [5.74, 6) is -0.528. The summed E-state index contributed by atoms with van der Waals surface area (Å²) in [4.78, 5) is 11.9. The monoisotopic (exact) mass is 302 g/mol. The maximum Gasteiger partial charge on any atom is 0.231 e. The Balaban J connectivity index is 2.97. The van der Waals surface area contributed by atoms with Crippen LogP contribution < -0.4 is 11.1 Å². The second-order valence-electron chi connectivity index (χ2n) is 4.62. The van der Waals surface area contributed by atoms with Crippen molar-refractivity contribution in [2.75, 3.05) is 11.9 Å². The molecule has 0 radical (unpaired) electrons. The van der Waals surface area contributed by atoms with Crippen molar-refractivity contribution < 1.29 is 9.18 Å². The standard InChI is InChI=1S/C12H16BrFN2O/c1-7-4-9(14)8(13)5-10(7)16-11(17)12(2,3)6-15/h4-5H,6,15H2,1-3H3,(H,16,17). The molecule has 0 aromatic heterocycles. The predicted octanol–water partition coefficient (Wildman–Crippen LogP) is 2.82. The Bertz CT molecular complexity index is 446. The van der Waals surface area contributed by atoms with Crippen LogP contribution in [0.5, 0.6) is 0 Å². The van der Waals surface area contributed by atoms with Gasteiger partial charge in [-0.2, -0.15) is 0 Å². The van der Waals surface area contributed by atoms with E-state index in [1.165, 1.54) is 6.07 Å². The Morgan fingerprint density at radius 2 is 2.12 bits per heavy atom. The fourth-order valence-electron chi connectivity index (χ4n) is 1.17.